The van der Waals surface area contributed by atoms with E-state index in [9.17, 15) is 28.0 Å². The van der Waals surface area contributed by atoms with Crippen molar-refractivity contribution in [1.29, 1.82) is 5.26 Å². The third-order valence-corrected chi connectivity index (χ3v) is 12.9. The SMILES string of the molecule is C=C(C)[C@@H]1CC[C@]2(C(=O)NCC(F)(F)F)CC[C@@](C)([C@]3(C)CC[C@H]4C(C)(C)C(=O)C(C#N)=C[C@]4(C)[C@H]3CCC)C[C@@H]12. The van der Waals surface area contributed by atoms with E-state index in [2.05, 4.69) is 45.7 Å². The molecule has 4 rings (SSSR count). The lowest BCUT2D eigenvalue weighted by molar-refractivity contribution is -0.173. The summed E-state index contributed by atoms with van der Waals surface area (Å²) in [6.45, 7) is 18.1. The Balaban J connectivity index is 1.76. The Morgan fingerprint density at radius 3 is 2.34 bits per heavy atom. The van der Waals surface area contributed by atoms with Crippen LogP contribution in [0.5, 0.6) is 0 Å². The summed E-state index contributed by atoms with van der Waals surface area (Å²) in [4.78, 5) is 26.8. The van der Waals surface area contributed by atoms with Gasteiger partial charge in [0.15, 0.2) is 5.78 Å². The van der Waals surface area contributed by atoms with E-state index in [4.69, 9.17) is 0 Å². The summed E-state index contributed by atoms with van der Waals surface area (Å²) in [5.74, 6) is -0.135. The zero-order valence-electron chi connectivity index (χ0n) is 26.1. The Morgan fingerprint density at radius 1 is 1.12 bits per heavy atom. The zero-order valence-corrected chi connectivity index (χ0v) is 26.1. The van der Waals surface area contributed by atoms with Crippen molar-refractivity contribution in [3.8, 4) is 6.07 Å². The molecule has 228 valence electrons. The standard InChI is InChI=1S/C34H49F3N2O2/c1-9-10-26-31(7)17-22(19-38)27(40)29(4,5)25(31)12-13-32(26,8)30(6)15-16-33(28(41)39-20-34(35,36)37)14-11-23(21(2)3)24(33)18-30/h17,23-26H,2,9-16,18,20H2,1,3-8H3,(H,39,41)/t23-,24-,25-,26+,30+,31-,32+,33-/m0/s1. The minimum atomic E-state index is -4.45. The lowest BCUT2D eigenvalue weighted by Gasteiger charge is -2.66. The molecule has 41 heavy (non-hydrogen) atoms. The fourth-order valence-corrected chi connectivity index (χ4v) is 10.6. The van der Waals surface area contributed by atoms with Crippen LogP contribution in [0.25, 0.3) is 0 Å². The van der Waals surface area contributed by atoms with E-state index < -0.39 is 29.5 Å². The third-order valence-electron chi connectivity index (χ3n) is 12.9. The number of ketones is 1. The van der Waals surface area contributed by atoms with E-state index in [0.717, 1.165) is 50.5 Å². The van der Waals surface area contributed by atoms with Crippen molar-refractivity contribution in [2.45, 2.75) is 112 Å². The highest BCUT2D eigenvalue weighted by molar-refractivity contribution is 6.04. The van der Waals surface area contributed by atoms with Crippen molar-refractivity contribution in [3.63, 3.8) is 0 Å². The van der Waals surface area contributed by atoms with Gasteiger partial charge >= 0.3 is 6.18 Å². The Morgan fingerprint density at radius 2 is 1.78 bits per heavy atom. The number of hydrogen-bond acceptors (Lipinski definition) is 3. The van der Waals surface area contributed by atoms with Crippen molar-refractivity contribution in [1.82, 2.24) is 5.32 Å². The van der Waals surface area contributed by atoms with Crippen molar-refractivity contribution in [2.24, 2.45) is 50.7 Å². The predicted molar refractivity (Wildman–Crippen MR) is 154 cm³/mol. The smallest absolute Gasteiger partial charge is 0.346 e. The first kappa shape index (κ1) is 31.8. The minimum absolute atomic E-state index is 0.0601. The molecule has 0 aromatic heterocycles. The van der Waals surface area contributed by atoms with Crippen LogP contribution in [0.4, 0.5) is 13.2 Å². The number of halogens is 3. The number of allylic oxidation sites excluding steroid dienone is 3. The second-order valence-electron chi connectivity index (χ2n) is 15.3. The highest BCUT2D eigenvalue weighted by atomic mass is 19.4. The van der Waals surface area contributed by atoms with Crippen LogP contribution in [-0.4, -0.2) is 24.4 Å². The molecule has 1 amide bonds. The van der Waals surface area contributed by atoms with Gasteiger partial charge in [-0.1, -0.05) is 66.2 Å². The first-order valence-corrected chi connectivity index (χ1v) is 15.5. The van der Waals surface area contributed by atoms with Gasteiger partial charge in [-0.25, -0.2) is 0 Å². The highest BCUT2D eigenvalue weighted by Gasteiger charge is 2.67. The van der Waals surface area contributed by atoms with Gasteiger partial charge in [0.2, 0.25) is 5.91 Å². The van der Waals surface area contributed by atoms with Gasteiger partial charge in [0.05, 0.1) is 11.0 Å². The molecule has 7 heteroatoms. The van der Waals surface area contributed by atoms with Gasteiger partial charge in [0, 0.05) is 5.41 Å². The van der Waals surface area contributed by atoms with E-state index in [1.54, 1.807) is 0 Å². The predicted octanol–water partition coefficient (Wildman–Crippen LogP) is 8.34. The second kappa shape index (κ2) is 10.3. The fraction of sp³-hybridized carbons (Fsp3) is 0.794. The maximum absolute atomic E-state index is 13.5. The molecule has 3 fully saturated rings. The number of carbonyl (C=O) groups is 2. The molecular formula is C34H49F3N2O2. The molecular weight excluding hydrogens is 525 g/mol. The number of nitriles is 1. The first-order chi connectivity index (χ1) is 18.8. The van der Waals surface area contributed by atoms with Gasteiger partial charge in [0.25, 0.3) is 0 Å². The van der Waals surface area contributed by atoms with Crippen molar-refractivity contribution in [3.05, 3.63) is 23.8 Å². The summed E-state index contributed by atoms with van der Waals surface area (Å²) >= 11 is 0. The quantitative estimate of drug-likeness (QED) is 0.324. The molecule has 0 aromatic rings. The van der Waals surface area contributed by atoms with Crippen molar-refractivity contribution >= 4 is 11.7 Å². The largest absolute Gasteiger partial charge is 0.405 e. The highest BCUT2D eigenvalue weighted by Crippen LogP contribution is 2.72. The van der Waals surface area contributed by atoms with E-state index in [1.807, 2.05) is 26.8 Å². The normalized spacial score (nSPS) is 42.0. The number of carbonyl (C=O) groups excluding carboxylic acids is 2. The molecule has 0 spiro atoms. The van der Waals surface area contributed by atoms with Gasteiger partial charge in [-0.05, 0) is 98.2 Å². The average molecular weight is 575 g/mol. The number of nitrogens with one attached hydrogen (secondary N) is 1. The number of amides is 1. The summed E-state index contributed by atoms with van der Waals surface area (Å²) in [5.41, 5.74) is -0.800. The Kier molecular flexibility index (Phi) is 7.97. The van der Waals surface area contributed by atoms with Gasteiger partial charge in [-0.15, -0.1) is 0 Å². The van der Waals surface area contributed by atoms with Crippen LogP contribution < -0.4 is 5.32 Å². The van der Waals surface area contributed by atoms with Crippen molar-refractivity contribution < 1.29 is 22.8 Å². The van der Waals surface area contributed by atoms with Crippen LogP contribution in [0.2, 0.25) is 0 Å². The summed E-state index contributed by atoms with van der Waals surface area (Å²) in [6.07, 6.45) is 4.77. The molecule has 0 saturated heterocycles. The molecule has 0 bridgehead atoms. The fourth-order valence-electron chi connectivity index (χ4n) is 10.6. The molecule has 0 aliphatic heterocycles. The molecule has 8 atom stereocenters. The monoisotopic (exact) mass is 574 g/mol. The van der Waals surface area contributed by atoms with Crippen LogP contribution in [-0.2, 0) is 9.59 Å². The molecule has 0 radical (unpaired) electrons. The van der Waals surface area contributed by atoms with Gasteiger partial charge in [0.1, 0.15) is 12.6 Å². The number of rotatable bonds is 6. The van der Waals surface area contributed by atoms with E-state index in [0.29, 0.717) is 12.8 Å². The Bertz CT molecular complexity index is 1180. The van der Waals surface area contributed by atoms with Crippen molar-refractivity contribution in [2.75, 3.05) is 6.54 Å². The second-order valence-corrected chi connectivity index (χ2v) is 15.3. The topological polar surface area (TPSA) is 70.0 Å². The molecule has 4 aliphatic carbocycles. The lowest BCUT2D eigenvalue weighted by atomic mass is 9.37. The van der Waals surface area contributed by atoms with Crippen LogP contribution in [0.1, 0.15) is 106 Å². The molecule has 4 aliphatic rings. The first-order valence-electron chi connectivity index (χ1n) is 15.5. The third kappa shape index (κ3) is 4.80. The van der Waals surface area contributed by atoms with E-state index >= 15 is 0 Å². The maximum atomic E-state index is 13.5. The number of fused-ring (bicyclic) bond motifs is 2. The average Bonchev–Trinajstić information content (AvgIpc) is 3.26. The summed E-state index contributed by atoms with van der Waals surface area (Å²) in [7, 11) is 0. The van der Waals surface area contributed by atoms with Crippen LogP contribution in [0, 0.1) is 62.1 Å². The summed E-state index contributed by atoms with van der Waals surface area (Å²) < 4.78 is 39.3. The molecule has 3 saturated carbocycles. The molecule has 1 N–H and O–H groups in total. The molecule has 0 heterocycles. The minimum Gasteiger partial charge on any atom is -0.346 e. The van der Waals surface area contributed by atoms with E-state index in [-0.39, 0.29) is 51.3 Å². The van der Waals surface area contributed by atoms with Crippen LogP contribution in [0.3, 0.4) is 0 Å². The Labute approximate surface area is 244 Å². The summed E-state index contributed by atoms with van der Waals surface area (Å²) in [6, 6.07) is 2.21. The van der Waals surface area contributed by atoms with Gasteiger partial charge < -0.3 is 5.32 Å². The van der Waals surface area contributed by atoms with Gasteiger partial charge in [-0.2, -0.15) is 18.4 Å². The number of Topliss-reactive ketones (excluding diaryl/α,β-unsaturated/α-hetero) is 1. The number of alkyl halides is 3. The maximum Gasteiger partial charge on any atom is 0.405 e. The van der Waals surface area contributed by atoms with E-state index in [1.165, 1.54) is 0 Å². The lowest BCUT2D eigenvalue weighted by Crippen LogP contribution is -2.62. The number of hydrogen-bond donors (Lipinski definition) is 1. The van der Waals surface area contributed by atoms with Crippen LogP contribution in [0.15, 0.2) is 23.8 Å². The molecule has 0 unspecified atom stereocenters. The van der Waals surface area contributed by atoms with Crippen LogP contribution >= 0.6 is 0 Å². The molecule has 0 aromatic carbocycles. The molecule has 4 nitrogen and oxygen atoms in total. The van der Waals surface area contributed by atoms with Gasteiger partial charge in [-0.3, -0.25) is 9.59 Å². The summed E-state index contributed by atoms with van der Waals surface area (Å²) in [5, 5.41) is 12.2. The number of nitrogens with zero attached hydrogens (tertiary/aromatic N) is 1. The Hall–Kier alpha value is -2.10. The zero-order chi connectivity index (χ0) is 30.8.